The largest absolute Gasteiger partial charge is 0.467 e. The number of fused-ring (bicyclic) bond motifs is 3. The zero-order valence-electron chi connectivity index (χ0n) is 13.2. The van der Waals surface area contributed by atoms with Gasteiger partial charge in [0, 0.05) is 18.3 Å². The zero-order valence-corrected chi connectivity index (χ0v) is 13.2. The average molecular weight is 310 g/mol. The van der Waals surface area contributed by atoms with Crippen molar-refractivity contribution in [3.05, 3.63) is 54.0 Å². The molecular formula is C19H22N2O2. The third-order valence-electron chi connectivity index (χ3n) is 5.11. The van der Waals surface area contributed by atoms with Crippen molar-refractivity contribution in [3.8, 4) is 0 Å². The molecule has 2 aliphatic heterocycles. The normalized spacial score (nSPS) is 23.0. The zero-order chi connectivity index (χ0) is 15.6. The van der Waals surface area contributed by atoms with Crippen LogP contribution >= 0.6 is 0 Å². The lowest BCUT2D eigenvalue weighted by Gasteiger charge is -2.46. The van der Waals surface area contributed by atoms with Crippen LogP contribution in [0, 0.1) is 5.92 Å². The minimum atomic E-state index is 0.0279. The molecule has 0 spiro atoms. The van der Waals surface area contributed by atoms with Gasteiger partial charge in [0.2, 0.25) is 5.91 Å². The van der Waals surface area contributed by atoms with E-state index in [1.807, 2.05) is 12.1 Å². The van der Waals surface area contributed by atoms with Crippen LogP contribution in [-0.2, 0) is 17.8 Å². The summed E-state index contributed by atoms with van der Waals surface area (Å²) in [6.45, 7) is 1.53. The standard InChI is InChI=1S/C19H22N2O2/c22-19(20-13-15-7-5-11-23-15)16-12-14-6-1-2-8-17(14)21-10-4-3-9-18(16)21/h1-2,5-8,11,16,18H,3-4,9-10,12-13H2,(H,20,22). The van der Waals surface area contributed by atoms with Gasteiger partial charge in [0.25, 0.3) is 0 Å². The number of hydrogen-bond acceptors (Lipinski definition) is 3. The number of amides is 1. The lowest BCUT2D eigenvalue weighted by Crippen LogP contribution is -2.53. The van der Waals surface area contributed by atoms with Gasteiger partial charge < -0.3 is 14.6 Å². The predicted molar refractivity (Wildman–Crippen MR) is 89.2 cm³/mol. The van der Waals surface area contributed by atoms with Crippen molar-refractivity contribution in [1.29, 1.82) is 0 Å². The van der Waals surface area contributed by atoms with Crippen LogP contribution in [0.3, 0.4) is 0 Å². The van der Waals surface area contributed by atoms with Crippen LogP contribution in [0.25, 0.3) is 0 Å². The number of benzene rings is 1. The quantitative estimate of drug-likeness (QED) is 0.947. The molecule has 2 unspecified atom stereocenters. The number of para-hydroxylation sites is 1. The number of carbonyl (C=O) groups is 1. The Labute approximate surface area is 136 Å². The molecule has 120 valence electrons. The molecule has 2 aromatic rings. The SMILES string of the molecule is O=C(NCc1ccco1)C1Cc2ccccc2N2CCCCC12. The number of nitrogens with one attached hydrogen (secondary N) is 1. The molecule has 2 atom stereocenters. The highest BCUT2D eigenvalue weighted by Crippen LogP contribution is 2.38. The van der Waals surface area contributed by atoms with Crippen LogP contribution in [-0.4, -0.2) is 18.5 Å². The molecule has 4 nitrogen and oxygen atoms in total. The first kappa shape index (κ1) is 14.4. The maximum absolute atomic E-state index is 12.8. The van der Waals surface area contributed by atoms with E-state index < -0.39 is 0 Å². The summed E-state index contributed by atoms with van der Waals surface area (Å²) in [5.41, 5.74) is 2.62. The van der Waals surface area contributed by atoms with Crippen molar-refractivity contribution < 1.29 is 9.21 Å². The fourth-order valence-corrected chi connectivity index (χ4v) is 4.00. The second kappa shape index (κ2) is 6.11. The van der Waals surface area contributed by atoms with Crippen molar-refractivity contribution in [2.45, 2.75) is 38.3 Å². The first-order chi connectivity index (χ1) is 11.3. The summed E-state index contributed by atoms with van der Waals surface area (Å²) in [6.07, 6.45) is 6.01. The summed E-state index contributed by atoms with van der Waals surface area (Å²) < 4.78 is 5.31. The van der Waals surface area contributed by atoms with Gasteiger partial charge in [-0.15, -0.1) is 0 Å². The lowest BCUT2D eigenvalue weighted by atomic mass is 9.80. The number of furan rings is 1. The van der Waals surface area contributed by atoms with Gasteiger partial charge in [-0.25, -0.2) is 0 Å². The van der Waals surface area contributed by atoms with Gasteiger partial charge in [-0.05, 0) is 49.4 Å². The summed E-state index contributed by atoms with van der Waals surface area (Å²) in [7, 11) is 0. The Balaban J connectivity index is 1.54. The average Bonchev–Trinajstić information content (AvgIpc) is 3.12. The van der Waals surface area contributed by atoms with Crippen molar-refractivity contribution in [2.75, 3.05) is 11.4 Å². The fraction of sp³-hybridized carbons (Fsp3) is 0.421. The Hall–Kier alpha value is -2.23. The summed E-state index contributed by atoms with van der Waals surface area (Å²) in [5.74, 6) is 0.975. The van der Waals surface area contributed by atoms with Gasteiger partial charge in [-0.2, -0.15) is 0 Å². The Morgan fingerprint density at radius 2 is 2.13 bits per heavy atom. The molecule has 0 bridgehead atoms. The highest BCUT2D eigenvalue weighted by Gasteiger charge is 2.39. The van der Waals surface area contributed by atoms with Crippen LogP contribution in [0.1, 0.15) is 30.6 Å². The number of hydrogen-bond donors (Lipinski definition) is 1. The highest BCUT2D eigenvalue weighted by molar-refractivity contribution is 5.82. The summed E-state index contributed by atoms with van der Waals surface area (Å²) >= 11 is 0. The monoisotopic (exact) mass is 310 g/mol. The lowest BCUT2D eigenvalue weighted by molar-refractivity contribution is -0.126. The van der Waals surface area contributed by atoms with E-state index in [0.717, 1.165) is 25.1 Å². The third kappa shape index (κ3) is 2.74. The van der Waals surface area contributed by atoms with Crippen molar-refractivity contribution in [3.63, 3.8) is 0 Å². The second-order valence-electron chi connectivity index (χ2n) is 6.49. The molecule has 0 saturated carbocycles. The van der Waals surface area contributed by atoms with E-state index in [0.29, 0.717) is 12.6 Å². The van der Waals surface area contributed by atoms with E-state index in [1.54, 1.807) is 6.26 Å². The highest BCUT2D eigenvalue weighted by atomic mass is 16.3. The third-order valence-corrected chi connectivity index (χ3v) is 5.11. The molecule has 1 fully saturated rings. The Bertz CT molecular complexity index is 680. The topological polar surface area (TPSA) is 45.5 Å². The molecule has 0 radical (unpaired) electrons. The number of anilines is 1. The minimum Gasteiger partial charge on any atom is -0.467 e. The minimum absolute atomic E-state index is 0.0279. The molecule has 4 rings (SSSR count). The van der Waals surface area contributed by atoms with E-state index in [-0.39, 0.29) is 11.8 Å². The molecule has 4 heteroatoms. The molecule has 1 amide bonds. The fourth-order valence-electron chi connectivity index (χ4n) is 4.00. The number of rotatable bonds is 3. The van der Waals surface area contributed by atoms with E-state index in [1.165, 1.54) is 24.1 Å². The molecular weight excluding hydrogens is 288 g/mol. The van der Waals surface area contributed by atoms with E-state index in [2.05, 4.69) is 34.5 Å². The van der Waals surface area contributed by atoms with Gasteiger partial charge in [-0.3, -0.25) is 4.79 Å². The van der Waals surface area contributed by atoms with Crippen LogP contribution in [0.15, 0.2) is 47.1 Å². The Kier molecular flexibility index (Phi) is 3.82. The summed E-state index contributed by atoms with van der Waals surface area (Å²) in [5, 5.41) is 3.06. The van der Waals surface area contributed by atoms with Crippen LogP contribution in [0.5, 0.6) is 0 Å². The first-order valence-corrected chi connectivity index (χ1v) is 8.47. The van der Waals surface area contributed by atoms with Crippen molar-refractivity contribution in [2.24, 2.45) is 5.92 Å². The van der Waals surface area contributed by atoms with Gasteiger partial charge in [0.15, 0.2) is 0 Å². The molecule has 1 aromatic carbocycles. The van der Waals surface area contributed by atoms with Crippen LogP contribution in [0.4, 0.5) is 5.69 Å². The molecule has 1 N–H and O–H groups in total. The molecule has 1 aromatic heterocycles. The van der Waals surface area contributed by atoms with Gasteiger partial charge >= 0.3 is 0 Å². The Morgan fingerprint density at radius 1 is 1.22 bits per heavy atom. The van der Waals surface area contributed by atoms with Crippen LogP contribution < -0.4 is 10.2 Å². The molecule has 2 aliphatic rings. The predicted octanol–water partition coefficient (Wildman–Crippen LogP) is 3.13. The molecule has 3 heterocycles. The molecule has 0 aliphatic carbocycles. The maximum atomic E-state index is 12.8. The smallest absolute Gasteiger partial charge is 0.225 e. The first-order valence-electron chi connectivity index (χ1n) is 8.47. The summed E-state index contributed by atoms with van der Waals surface area (Å²) in [6, 6.07) is 12.6. The van der Waals surface area contributed by atoms with Gasteiger partial charge in [0.05, 0.1) is 18.7 Å². The molecule has 1 saturated heterocycles. The summed E-state index contributed by atoms with van der Waals surface area (Å²) in [4.78, 5) is 15.2. The number of piperidine rings is 1. The van der Waals surface area contributed by atoms with E-state index >= 15 is 0 Å². The van der Waals surface area contributed by atoms with Crippen molar-refractivity contribution in [1.82, 2.24) is 5.32 Å². The van der Waals surface area contributed by atoms with Gasteiger partial charge in [-0.1, -0.05) is 18.2 Å². The van der Waals surface area contributed by atoms with Gasteiger partial charge in [0.1, 0.15) is 5.76 Å². The maximum Gasteiger partial charge on any atom is 0.225 e. The van der Waals surface area contributed by atoms with E-state index in [4.69, 9.17) is 4.42 Å². The van der Waals surface area contributed by atoms with Crippen molar-refractivity contribution >= 4 is 11.6 Å². The van der Waals surface area contributed by atoms with Crippen LogP contribution in [0.2, 0.25) is 0 Å². The second-order valence-corrected chi connectivity index (χ2v) is 6.49. The number of nitrogens with zero attached hydrogens (tertiary/aromatic N) is 1. The Morgan fingerprint density at radius 3 is 3.00 bits per heavy atom. The number of carbonyl (C=O) groups excluding carboxylic acids is 1. The van der Waals surface area contributed by atoms with E-state index in [9.17, 15) is 4.79 Å². The molecule has 23 heavy (non-hydrogen) atoms.